The minimum atomic E-state index is 0.563. The van der Waals surface area contributed by atoms with Crippen molar-refractivity contribution in [3.05, 3.63) is 375 Å². The zero-order valence-electron chi connectivity index (χ0n) is 57.0. The van der Waals surface area contributed by atoms with Crippen LogP contribution < -0.4 is 0 Å². The van der Waals surface area contributed by atoms with Gasteiger partial charge < -0.3 is 0 Å². The minimum Gasteiger partial charge on any atom is -0.228 e. The highest BCUT2D eigenvalue weighted by Gasteiger charge is 2.18. The Morgan fingerprint density at radius 2 is 0.358 bits per heavy atom. The van der Waals surface area contributed by atoms with Crippen molar-refractivity contribution in [1.29, 1.82) is 10.5 Å². The summed E-state index contributed by atoms with van der Waals surface area (Å²) in [5, 5.41) is 18.7. The molecule has 4 aromatic heterocycles. The van der Waals surface area contributed by atoms with E-state index in [2.05, 4.69) is 133 Å². The number of rotatable bonds is 15. The van der Waals surface area contributed by atoms with Crippen molar-refractivity contribution >= 4 is 0 Å². The Morgan fingerprint density at radius 1 is 0.142 bits per heavy atom. The van der Waals surface area contributed by atoms with E-state index >= 15 is 0 Å². The maximum Gasteiger partial charge on any atom is 0.164 e. The second-order valence-corrected chi connectivity index (χ2v) is 25.0. The summed E-state index contributed by atoms with van der Waals surface area (Å²) in [7, 11) is 0. The fraction of sp³-hybridized carbons (Fsp3) is 0. The third-order valence-corrected chi connectivity index (χ3v) is 18.0. The highest BCUT2D eigenvalue weighted by Crippen LogP contribution is 2.36. The van der Waals surface area contributed by atoms with Crippen LogP contribution in [0.1, 0.15) is 11.1 Å². The van der Waals surface area contributed by atoms with Gasteiger partial charge in [0.2, 0.25) is 0 Å². The molecule has 0 atom stereocenters. The lowest BCUT2D eigenvalue weighted by atomic mass is 9.99. The van der Waals surface area contributed by atoms with Gasteiger partial charge >= 0.3 is 0 Å². The van der Waals surface area contributed by atoms with Crippen LogP contribution in [0, 0.1) is 22.7 Å². The largest absolute Gasteiger partial charge is 0.228 e. The molecule has 0 amide bonds. The smallest absolute Gasteiger partial charge is 0.164 e. The molecule has 0 aliphatic carbocycles. The van der Waals surface area contributed by atoms with Gasteiger partial charge in [0.1, 0.15) is 0 Å². The van der Waals surface area contributed by atoms with Crippen LogP contribution >= 0.6 is 0 Å². The fourth-order valence-corrected chi connectivity index (χ4v) is 12.5. The summed E-state index contributed by atoms with van der Waals surface area (Å²) in [5.74, 6) is 4.91. The number of aromatic nitrogens is 10. The lowest BCUT2D eigenvalue weighted by molar-refractivity contribution is 1.07. The first-order valence-electron chi connectivity index (χ1n) is 34.5. The Kier molecular flexibility index (Phi) is 18.9. The number of nitrogens with zero attached hydrogens (tertiary/aromatic N) is 12. The molecule has 496 valence electrons. The van der Waals surface area contributed by atoms with Crippen LogP contribution in [0.25, 0.3) is 170 Å². The Morgan fingerprint density at radius 3 is 0.679 bits per heavy atom. The summed E-state index contributed by atoms with van der Waals surface area (Å²) in [6.45, 7) is 0. The lowest BCUT2D eigenvalue weighted by Gasteiger charge is -2.11. The van der Waals surface area contributed by atoms with Crippen LogP contribution in [0.3, 0.4) is 0 Å². The minimum absolute atomic E-state index is 0.563. The second kappa shape index (κ2) is 30.5. The predicted molar refractivity (Wildman–Crippen MR) is 422 cm³/mol. The van der Waals surface area contributed by atoms with Crippen LogP contribution in [-0.4, -0.2) is 49.8 Å². The number of hydrogen-bond acceptors (Lipinski definition) is 12. The fourth-order valence-electron chi connectivity index (χ4n) is 12.5. The molecule has 0 saturated carbocycles. The van der Waals surface area contributed by atoms with Gasteiger partial charge in [0.25, 0.3) is 0 Å². The van der Waals surface area contributed by atoms with E-state index in [0.29, 0.717) is 57.7 Å². The molecule has 12 nitrogen and oxygen atoms in total. The van der Waals surface area contributed by atoms with E-state index < -0.39 is 0 Å². The molecule has 0 aliphatic rings. The molecule has 0 saturated heterocycles. The molecule has 0 unspecified atom stereocenters. The van der Waals surface area contributed by atoms with Gasteiger partial charge in [0.15, 0.2) is 46.6 Å². The molecule has 12 heteroatoms. The van der Waals surface area contributed by atoms with Crippen LogP contribution in [0.4, 0.5) is 0 Å². The highest BCUT2D eigenvalue weighted by molar-refractivity contribution is 5.80. The van der Waals surface area contributed by atoms with E-state index in [-0.39, 0.29) is 0 Å². The molecule has 4 heterocycles. The lowest BCUT2D eigenvalue weighted by Crippen LogP contribution is -2.00. The van der Waals surface area contributed by atoms with Crippen LogP contribution in [-0.2, 0) is 0 Å². The van der Waals surface area contributed by atoms with E-state index in [4.69, 9.17) is 49.8 Å². The van der Waals surface area contributed by atoms with Crippen molar-refractivity contribution in [2.45, 2.75) is 0 Å². The van der Waals surface area contributed by atoms with E-state index in [1.807, 2.05) is 237 Å². The van der Waals surface area contributed by atoms with Gasteiger partial charge in [-0.1, -0.05) is 315 Å². The molecule has 0 spiro atoms. The Bertz CT molecular complexity index is 5920. The Balaban J connectivity index is 0.000000164. The van der Waals surface area contributed by atoms with Gasteiger partial charge in [-0.3, -0.25) is 0 Å². The zero-order valence-corrected chi connectivity index (χ0v) is 57.0. The molecular formula is C94H60N12. The molecule has 17 aromatic rings. The highest BCUT2D eigenvalue weighted by atomic mass is 15.0. The molecule has 0 N–H and O–H groups in total. The van der Waals surface area contributed by atoms with Crippen molar-refractivity contribution in [3.8, 4) is 182 Å². The molecule has 0 bridgehead atoms. The summed E-state index contributed by atoms with van der Waals surface area (Å²) in [6.07, 6.45) is 0. The molecule has 0 fully saturated rings. The van der Waals surface area contributed by atoms with Crippen LogP contribution in [0.15, 0.2) is 364 Å². The summed E-state index contributed by atoms with van der Waals surface area (Å²) >= 11 is 0. The van der Waals surface area contributed by atoms with E-state index in [1.165, 1.54) is 0 Å². The maximum atomic E-state index is 9.51. The van der Waals surface area contributed by atoms with Gasteiger partial charge in [-0.2, -0.15) is 10.5 Å². The third kappa shape index (κ3) is 14.9. The number of nitriles is 2. The average Bonchev–Trinajstić information content (AvgIpc) is 0.805. The first kappa shape index (κ1) is 65.6. The van der Waals surface area contributed by atoms with Crippen molar-refractivity contribution in [3.63, 3.8) is 0 Å². The molecule has 0 aliphatic heterocycles. The van der Waals surface area contributed by atoms with E-state index in [0.717, 1.165) is 123 Å². The summed E-state index contributed by atoms with van der Waals surface area (Å²) < 4.78 is 0. The van der Waals surface area contributed by atoms with Gasteiger partial charge in [-0.25, -0.2) is 49.8 Å². The maximum absolute atomic E-state index is 9.51. The van der Waals surface area contributed by atoms with Gasteiger partial charge in [-0.05, 0) is 81.9 Å². The van der Waals surface area contributed by atoms with Crippen molar-refractivity contribution in [2.75, 3.05) is 0 Å². The summed E-state index contributed by atoms with van der Waals surface area (Å²) in [5.41, 5.74) is 22.0. The molecular weight excluding hydrogens is 1300 g/mol. The standard InChI is InChI=1S/C50H32N6.C44H28N6/c51-33-34-19-21-35(22-20-34)36-23-27-41(28-24-36)49-54-48(40-15-8-3-9-16-40)55-50(56-49)42-29-25-37(26-30-42)43-17-10-18-44(31-43)46-32-45(38-11-4-1-5-12-38)52-47(53-46)39-13-6-2-7-14-39;45-29-30-12-10-21-38(26-30)44-46-39(32-13-4-1-5-14-32)28-40(47-44)37-20-11-19-36(27-37)31-22-24-35(25-23-31)43-49-41(33-15-6-2-7-16-33)48-42(50-43)34-17-8-3-9-18-34/h1-32H;1-28H. The molecule has 13 aromatic carbocycles. The SMILES string of the molecule is N#Cc1ccc(-c2ccc(-c3nc(-c4ccccc4)nc(-c4ccc(-c5cccc(-c6cc(-c7ccccc7)nc(-c7ccccc7)n6)c5)cc4)n3)cc2)cc1.N#Cc1cccc(-c2nc(-c3ccccc3)cc(-c3cccc(-c4ccc(-c5nc(-c6ccccc6)nc(-c6ccccc6)n5)cc4)c3)n2)c1. The number of benzene rings is 13. The van der Waals surface area contributed by atoms with Crippen LogP contribution in [0.5, 0.6) is 0 Å². The molecule has 106 heavy (non-hydrogen) atoms. The quantitative estimate of drug-likeness (QED) is 0.0950. The average molecular weight is 1360 g/mol. The molecule has 0 radical (unpaired) electrons. The first-order valence-corrected chi connectivity index (χ1v) is 34.5. The van der Waals surface area contributed by atoms with Gasteiger partial charge in [-0.15, -0.1) is 0 Å². The van der Waals surface area contributed by atoms with Crippen LogP contribution in [0.2, 0.25) is 0 Å². The molecule has 17 rings (SSSR count). The third-order valence-electron chi connectivity index (χ3n) is 18.0. The van der Waals surface area contributed by atoms with E-state index in [9.17, 15) is 10.5 Å². The van der Waals surface area contributed by atoms with Crippen molar-refractivity contribution in [1.82, 2.24) is 49.8 Å². The summed E-state index contributed by atoms with van der Waals surface area (Å²) in [4.78, 5) is 49.3. The normalized spacial score (nSPS) is 10.8. The first-order chi connectivity index (χ1) is 52.4. The predicted octanol–water partition coefficient (Wildman–Crippen LogP) is 22.1. The summed E-state index contributed by atoms with van der Waals surface area (Å²) in [6, 6.07) is 125. The van der Waals surface area contributed by atoms with Gasteiger partial charge in [0, 0.05) is 66.8 Å². The Hall–Kier alpha value is -15.0. The Labute approximate surface area is 613 Å². The zero-order chi connectivity index (χ0) is 71.4. The van der Waals surface area contributed by atoms with Crippen molar-refractivity contribution < 1.29 is 0 Å². The topological polar surface area (TPSA) is 176 Å². The second-order valence-electron chi connectivity index (χ2n) is 25.0. The monoisotopic (exact) mass is 1360 g/mol. The number of hydrogen-bond donors (Lipinski definition) is 0. The van der Waals surface area contributed by atoms with Crippen molar-refractivity contribution in [2.24, 2.45) is 0 Å². The van der Waals surface area contributed by atoms with Gasteiger partial charge in [0.05, 0.1) is 46.0 Å². The van der Waals surface area contributed by atoms with E-state index in [1.54, 1.807) is 6.07 Å².